The molecule has 0 spiro atoms. The summed E-state index contributed by atoms with van der Waals surface area (Å²) in [7, 11) is 0. The van der Waals surface area contributed by atoms with Gasteiger partial charge in [0.25, 0.3) is 0 Å². The second kappa shape index (κ2) is 13.4. The standard InChI is InChI=1S/C56H36N2O/c1-2-14-42(15-3-1)58-53-35-41(26-32-49(53)52-33-25-39-12-5-7-17-48(39)56(52)58)37-21-27-43(28-22-37)57(45-31-34-51-50-18-8-9-20-54(50)59-55(51)36-45)44-29-23-40(24-30-44)47-19-10-13-38-11-4-6-16-46(38)47/h1-36H. The number of fused-ring (bicyclic) bond motifs is 9. The minimum Gasteiger partial charge on any atom is -0.456 e. The number of furan rings is 1. The average Bonchev–Trinajstić information content (AvgIpc) is 3.85. The Morgan fingerprint density at radius 2 is 0.915 bits per heavy atom. The molecule has 0 amide bonds. The van der Waals surface area contributed by atoms with Crippen LogP contribution in [0.3, 0.4) is 0 Å². The minimum absolute atomic E-state index is 0.868. The third-order valence-corrected chi connectivity index (χ3v) is 12.0. The van der Waals surface area contributed by atoms with Crippen LogP contribution in [-0.4, -0.2) is 4.57 Å². The summed E-state index contributed by atoms with van der Waals surface area (Å²) in [6.07, 6.45) is 0. The Morgan fingerprint density at radius 3 is 1.71 bits per heavy atom. The Kier molecular flexibility index (Phi) is 7.54. The quantitative estimate of drug-likeness (QED) is 0.169. The lowest BCUT2D eigenvalue weighted by molar-refractivity contribution is 0.669. The molecule has 0 aliphatic heterocycles. The zero-order chi connectivity index (χ0) is 38.9. The summed E-state index contributed by atoms with van der Waals surface area (Å²) < 4.78 is 8.84. The molecule has 12 aromatic rings. The smallest absolute Gasteiger partial charge is 0.137 e. The molecule has 10 aromatic carbocycles. The second-order valence-corrected chi connectivity index (χ2v) is 15.3. The maximum atomic E-state index is 6.40. The molecule has 0 saturated heterocycles. The number of aromatic nitrogens is 1. The van der Waals surface area contributed by atoms with E-state index in [-0.39, 0.29) is 0 Å². The number of anilines is 3. The molecule has 0 N–H and O–H groups in total. The van der Waals surface area contributed by atoms with E-state index < -0.39 is 0 Å². The zero-order valence-corrected chi connectivity index (χ0v) is 32.1. The number of benzene rings is 10. The van der Waals surface area contributed by atoms with Crippen molar-refractivity contribution in [3.05, 3.63) is 218 Å². The van der Waals surface area contributed by atoms with E-state index in [2.05, 4.69) is 216 Å². The van der Waals surface area contributed by atoms with E-state index in [9.17, 15) is 0 Å². The van der Waals surface area contributed by atoms with Gasteiger partial charge in [-0.1, -0.05) is 152 Å². The van der Waals surface area contributed by atoms with E-state index in [1.54, 1.807) is 0 Å². The SMILES string of the molecule is c1ccc(-n2c3cc(-c4ccc(N(c5ccc(-c6cccc7ccccc67)cc5)c5ccc6c(c5)oc5ccccc56)cc4)ccc3c3ccc4ccccc4c32)cc1. The summed E-state index contributed by atoms with van der Waals surface area (Å²) in [5.74, 6) is 0. The van der Waals surface area contributed by atoms with Crippen molar-refractivity contribution in [2.24, 2.45) is 0 Å². The fourth-order valence-electron chi connectivity index (χ4n) is 9.17. The van der Waals surface area contributed by atoms with Crippen LogP contribution in [-0.2, 0) is 0 Å². The van der Waals surface area contributed by atoms with Gasteiger partial charge in [0.05, 0.1) is 11.0 Å². The van der Waals surface area contributed by atoms with Crippen molar-refractivity contribution < 1.29 is 4.42 Å². The second-order valence-electron chi connectivity index (χ2n) is 15.3. The maximum Gasteiger partial charge on any atom is 0.137 e. The van der Waals surface area contributed by atoms with Gasteiger partial charge in [-0.15, -0.1) is 0 Å². The number of rotatable bonds is 6. The predicted octanol–water partition coefficient (Wildman–Crippen LogP) is 15.8. The largest absolute Gasteiger partial charge is 0.456 e. The van der Waals surface area contributed by atoms with Gasteiger partial charge in [0, 0.05) is 55.7 Å². The van der Waals surface area contributed by atoms with Crippen LogP contribution >= 0.6 is 0 Å². The van der Waals surface area contributed by atoms with Crippen molar-refractivity contribution >= 4 is 82.4 Å². The van der Waals surface area contributed by atoms with Gasteiger partial charge >= 0.3 is 0 Å². The Morgan fingerprint density at radius 1 is 0.339 bits per heavy atom. The lowest BCUT2D eigenvalue weighted by Gasteiger charge is -2.26. The van der Waals surface area contributed by atoms with E-state index in [4.69, 9.17) is 4.42 Å². The molecule has 0 aliphatic carbocycles. The first kappa shape index (κ1) is 33.3. The molecule has 0 atom stereocenters. The molecule has 0 saturated carbocycles. The highest BCUT2D eigenvalue weighted by atomic mass is 16.3. The van der Waals surface area contributed by atoms with Crippen LogP contribution < -0.4 is 4.90 Å². The fourth-order valence-corrected chi connectivity index (χ4v) is 9.17. The van der Waals surface area contributed by atoms with Crippen molar-refractivity contribution in [3.8, 4) is 27.9 Å². The number of para-hydroxylation sites is 2. The zero-order valence-electron chi connectivity index (χ0n) is 32.1. The first-order valence-electron chi connectivity index (χ1n) is 20.2. The molecule has 276 valence electrons. The molecule has 2 aromatic heterocycles. The van der Waals surface area contributed by atoms with Crippen LogP contribution in [0.2, 0.25) is 0 Å². The van der Waals surface area contributed by atoms with Gasteiger partial charge in [-0.3, -0.25) is 0 Å². The van der Waals surface area contributed by atoms with Gasteiger partial charge in [0.2, 0.25) is 0 Å². The fraction of sp³-hybridized carbons (Fsp3) is 0. The molecular formula is C56H36N2O. The Bertz CT molecular complexity index is 3540. The normalized spacial score (nSPS) is 11.7. The van der Waals surface area contributed by atoms with E-state index in [1.807, 2.05) is 12.1 Å². The van der Waals surface area contributed by atoms with Gasteiger partial charge in [-0.05, 0) is 99.1 Å². The number of hydrogen-bond donors (Lipinski definition) is 0. The summed E-state index contributed by atoms with van der Waals surface area (Å²) in [5.41, 5.74) is 13.2. The van der Waals surface area contributed by atoms with E-state index in [1.165, 1.54) is 60.0 Å². The molecule has 12 rings (SSSR count). The molecule has 59 heavy (non-hydrogen) atoms. The molecule has 0 aliphatic rings. The Balaban J connectivity index is 0.983. The van der Waals surface area contributed by atoms with Gasteiger partial charge in [-0.2, -0.15) is 0 Å². The summed E-state index contributed by atoms with van der Waals surface area (Å²) >= 11 is 0. The predicted molar refractivity (Wildman–Crippen MR) is 249 cm³/mol. The van der Waals surface area contributed by atoms with Crippen molar-refractivity contribution in [2.75, 3.05) is 4.90 Å². The molecular weight excluding hydrogens is 717 g/mol. The lowest BCUT2D eigenvalue weighted by atomic mass is 9.98. The molecule has 2 heterocycles. The molecule has 0 radical (unpaired) electrons. The molecule has 0 fully saturated rings. The summed E-state index contributed by atoms with van der Waals surface area (Å²) in [6.45, 7) is 0. The van der Waals surface area contributed by atoms with E-state index >= 15 is 0 Å². The summed E-state index contributed by atoms with van der Waals surface area (Å²) in [6, 6.07) is 78.7. The van der Waals surface area contributed by atoms with Gasteiger partial charge in [0.15, 0.2) is 0 Å². The summed E-state index contributed by atoms with van der Waals surface area (Å²) in [4.78, 5) is 2.32. The van der Waals surface area contributed by atoms with Crippen LogP contribution in [0, 0.1) is 0 Å². The number of hydrogen-bond acceptors (Lipinski definition) is 2. The maximum absolute atomic E-state index is 6.40. The first-order valence-corrected chi connectivity index (χ1v) is 20.2. The van der Waals surface area contributed by atoms with Crippen molar-refractivity contribution in [2.45, 2.75) is 0 Å². The first-order chi connectivity index (χ1) is 29.2. The average molecular weight is 753 g/mol. The van der Waals surface area contributed by atoms with Gasteiger partial charge in [0.1, 0.15) is 11.2 Å². The molecule has 3 nitrogen and oxygen atoms in total. The Labute approximate surface area is 341 Å². The lowest BCUT2D eigenvalue weighted by Crippen LogP contribution is -2.09. The van der Waals surface area contributed by atoms with E-state index in [0.717, 1.165) is 50.3 Å². The van der Waals surface area contributed by atoms with Crippen molar-refractivity contribution in [1.29, 1.82) is 0 Å². The van der Waals surface area contributed by atoms with Gasteiger partial charge < -0.3 is 13.9 Å². The monoisotopic (exact) mass is 752 g/mol. The third kappa shape index (κ3) is 5.44. The molecule has 3 heteroatoms. The van der Waals surface area contributed by atoms with Crippen LogP contribution in [0.5, 0.6) is 0 Å². The molecule has 0 bridgehead atoms. The van der Waals surface area contributed by atoms with Crippen molar-refractivity contribution in [1.82, 2.24) is 4.57 Å². The molecule has 0 unspecified atom stereocenters. The highest BCUT2D eigenvalue weighted by Gasteiger charge is 2.19. The topological polar surface area (TPSA) is 21.3 Å². The van der Waals surface area contributed by atoms with Crippen molar-refractivity contribution in [3.63, 3.8) is 0 Å². The van der Waals surface area contributed by atoms with Gasteiger partial charge in [-0.25, -0.2) is 0 Å². The van der Waals surface area contributed by atoms with Crippen LogP contribution in [0.15, 0.2) is 223 Å². The van der Waals surface area contributed by atoms with Crippen LogP contribution in [0.25, 0.3) is 93.2 Å². The number of nitrogens with zero attached hydrogens (tertiary/aromatic N) is 2. The Hall–Kier alpha value is -7.88. The van der Waals surface area contributed by atoms with Crippen LogP contribution in [0.4, 0.5) is 17.1 Å². The summed E-state index contributed by atoms with van der Waals surface area (Å²) in [5, 5.41) is 9.72. The van der Waals surface area contributed by atoms with Crippen LogP contribution in [0.1, 0.15) is 0 Å². The highest BCUT2D eigenvalue weighted by Crippen LogP contribution is 2.42. The highest BCUT2D eigenvalue weighted by molar-refractivity contribution is 6.19. The minimum atomic E-state index is 0.868. The van der Waals surface area contributed by atoms with E-state index in [0.29, 0.717) is 0 Å². The third-order valence-electron chi connectivity index (χ3n) is 12.0.